The largest absolute Gasteiger partial charge is 0.480 e. The number of hydrogen-bond donors (Lipinski definition) is 1. The summed E-state index contributed by atoms with van der Waals surface area (Å²) in [5, 5.41) is 10.7. The molecule has 0 aliphatic carbocycles. The summed E-state index contributed by atoms with van der Waals surface area (Å²) in [7, 11) is 0.0445. The third kappa shape index (κ3) is 4.62. The van der Waals surface area contributed by atoms with Gasteiger partial charge >= 0.3 is 0 Å². The molecule has 0 bridgehead atoms. The number of piperazine rings is 1. The van der Waals surface area contributed by atoms with Gasteiger partial charge in [-0.1, -0.05) is 6.07 Å². The van der Waals surface area contributed by atoms with Crippen molar-refractivity contribution in [3.63, 3.8) is 0 Å². The van der Waals surface area contributed by atoms with Gasteiger partial charge in [0, 0.05) is 48.5 Å². The van der Waals surface area contributed by atoms with Gasteiger partial charge in [-0.3, -0.25) is 14.6 Å². The molecule has 1 unspecified atom stereocenters. The number of hydrogen-bond acceptors (Lipinski definition) is 8. The van der Waals surface area contributed by atoms with Gasteiger partial charge in [0.05, 0.1) is 30.1 Å². The Morgan fingerprint density at radius 3 is 2.44 bits per heavy atom. The molecular formula is C24H28N6O3S. The number of sulfonamides is 1. The molecule has 0 radical (unpaired) electrons. The number of fused-ring (bicyclic) bond motifs is 1. The van der Waals surface area contributed by atoms with Gasteiger partial charge in [-0.25, -0.2) is 13.4 Å². The van der Waals surface area contributed by atoms with Crippen LogP contribution in [0.5, 0.6) is 5.88 Å². The molecule has 10 heteroatoms. The van der Waals surface area contributed by atoms with E-state index in [1.807, 2.05) is 18.2 Å². The van der Waals surface area contributed by atoms with E-state index in [4.69, 9.17) is 4.74 Å². The van der Waals surface area contributed by atoms with Crippen LogP contribution < -0.4 is 14.4 Å². The fourth-order valence-electron chi connectivity index (χ4n) is 4.41. The van der Waals surface area contributed by atoms with E-state index in [1.165, 1.54) is 7.11 Å². The first-order chi connectivity index (χ1) is 16.1. The quantitative estimate of drug-likeness (QED) is 0.593. The maximum Gasteiger partial charge on any atom is 0.238 e. The van der Waals surface area contributed by atoms with Gasteiger partial charge in [-0.2, -0.15) is 5.26 Å². The number of nitrogens with one attached hydrogen (secondary N) is 1. The van der Waals surface area contributed by atoms with Crippen molar-refractivity contribution in [2.24, 2.45) is 0 Å². The summed E-state index contributed by atoms with van der Waals surface area (Å²) < 4.78 is 31.3. The Kier molecular flexibility index (Phi) is 6.34. The van der Waals surface area contributed by atoms with Crippen molar-refractivity contribution in [3.05, 3.63) is 42.2 Å². The van der Waals surface area contributed by atoms with Crippen LogP contribution in [0.4, 0.5) is 11.4 Å². The monoisotopic (exact) mass is 480 g/mol. The van der Waals surface area contributed by atoms with Crippen LogP contribution in [0.2, 0.25) is 0 Å². The van der Waals surface area contributed by atoms with E-state index in [9.17, 15) is 13.7 Å². The van der Waals surface area contributed by atoms with Crippen LogP contribution in [0.1, 0.15) is 19.4 Å². The number of methoxy groups -OCH3 is 1. The highest BCUT2D eigenvalue weighted by Gasteiger charge is 2.29. The lowest BCUT2D eigenvalue weighted by Gasteiger charge is -2.44. The van der Waals surface area contributed by atoms with Gasteiger partial charge in [0.1, 0.15) is 11.8 Å². The minimum atomic E-state index is -3.52. The molecule has 2 aromatic heterocycles. The predicted molar refractivity (Wildman–Crippen MR) is 134 cm³/mol. The van der Waals surface area contributed by atoms with E-state index in [1.54, 1.807) is 18.5 Å². The molecule has 4 rings (SSSR count). The van der Waals surface area contributed by atoms with Crippen molar-refractivity contribution in [2.75, 3.05) is 43.1 Å². The number of aromatic nitrogens is 2. The Bertz CT molecular complexity index is 1370. The van der Waals surface area contributed by atoms with Crippen LogP contribution in [0.25, 0.3) is 22.0 Å². The molecule has 3 aromatic rings. The predicted octanol–water partition coefficient (Wildman–Crippen LogP) is 3.08. The van der Waals surface area contributed by atoms with Crippen molar-refractivity contribution < 1.29 is 13.2 Å². The number of rotatable bonds is 5. The Hall–Kier alpha value is -3.42. The standard InChI is InChI=1S/C24H28N6O3S/c1-15-13-30(14-16(2)29(15)3)23-19(10-25)12-26-21-7-6-17(8-20(21)23)18-9-22(28-34(5,31)32)24(33-4)27-11-18/h6-9,11-12,15-16,28H,13-14H2,1-5H3/t15-,16?/m1/s1. The lowest BCUT2D eigenvalue weighted by Crippen LogP contribution is -2.55. The molecule has 1 fully saturated rings. The highest BCUT2D eigenvalue weighted by Crippen LogP contribution is 2.36. The maximum atomic E-state index is 11.8. The van der Waals surface area contributed by atoms with Crippen LogP contribution >= 0.6 is 0 Å². The Morgan fingerprint density at radius 2 is 1.82 bits per heavy atom. The van der Waals surface area contributed by atoms with E-state index >= 15 is 0 Å². The Balaban J connectivity index is 1.86. The molecule has 1 saturated heterocycles. The molecule has 34 heavy (non-hydrogen) atoms. The first-order valence-corrected chi connectivity index (χ1v) is 12.8. The van der Waals surface area contributed by atoms with Crippen molar-refractivity contribution in [1.29, 1.82) is 5.26 Å². The lowest BCUT2D eigenvalue weighted by molar-refractivity contribution is 0.170. The number of benzene rings is 1. The second-order valence-corrected chi connectivity index (χ2v) is 10.5. The number of likely N-dealkylation sites (N-methyl/N-ethyl adjacent to an activating group) is 1. The Labute approximate surface area is 200 Å². The molecule has 0 saturated carbocycles. The Morgan fingerprint density at radius 1 is 1.12 bits per heavy atom. The zero-order valence-corrected chi connectivity index (χ0v) is 20.7. The fourth-order valence-corrected chi connectivity index (χ4v) is 4.96. The molecule has 178 valence electrons. The fraction of sp³-hybridized carbons (Fsp3) is 0.375. The number of nitriles is 1. The SMILES string of the molecule is COc1ncc(-c2ccc3ncc(C#N)c(N4CC(C)N(C)[C@H](C)C4)c3c2)cc1NS(C)(=O)=O. The maximum absolute atomic E-state index is 11.8. The molecule has 1 N–H and O–H groups in total. The van der Waals surface area contributed by atoms with E-state index in [0.717, 1.165) is 41.5 Å². The van der Waals surface area contributed by atoms with Gasteiger partial charge in [0.25, 0.3) is 0 Å². The van der Waals surface area contributed by atoms with Crippen LogP contribution in [0.15, 0.2) is 36.7 Å². The summed E-state index contributed by atoms with van der Waals surface area (Å²) in [5.41, 5.74) is 3.98. The molecule has 1 aliphatic heterocycles. The summed E-state index contributed by atoms with van der Waals surface area (Å²) in [4.78, 5) is 13.4. The van der Waals surface area contributed by atoms with Crippen LogP contribution in [0, 0.1) is 11.3 Å². The second-order valence-electron chi connectivity index (χ2n) is 8.79. The minimum Gasteiger partial charge on any atom is -0.480 e. The van der Waals surface area contributed by atoms with Gasteiger partial charge in [0.2, 0.25) is 15.9 Å². The second kappa shape index (κ2) is 9.08. The summed E-state index contributed by atoms with van der Waals surface area (Å²) in [6.45, 7) is 5.96. The normalized spacial score (nSPS) is 19.1. The molecule has 0 amide bonds. The molecule has 0 spiro atoms. The van der Waals surface area contributed by atoms with Crippen molar-refractivity contribution >= 4 is 32.3 Å². The van der Waals surface area contributed by atoms with E-state index < -0.39 is 10.0 Å². The molecule has 1 aromatic carbocycles. The summed E-state index contributed by atoms with van der Waals surface area (Å²) in [5.74, 6) is 0.185. The van der Waals surface area contributed by atoms with Gasteiger partial charge in [-0.05, 0) is 44.7 Å². The van der Waals surface area contributed by atoms with Crippen molar-refractivity contribution in [1.82, 2.24) is 14.9 Å². The molecule has 3 heterocycles. The molecule has 2 atom stereocenters. The van der Waals surface area contributed by atoms with Crippen LogP contribution in [-0.4, -0.2) is 68.9 Å². The summed E-state index contributed by atoms with van der Waals surface area (Å²) >= 11 is 0. The summed E-state index contributed by atoms with van der Waals surface area (Å²) in [6, 6.07) is 10.5. The van der Waals surface area contributed by atoms with Crippen LogP contribution in [0.3, 0.4) is 0 Å². The number of ether oxygens (including phenoxy) is 1. The van der Waals surface area contributed by atoms with Crippen LogP contribution in [-0.2, 0) is 10.0 Å². The lowest BCUT2D eigenvalue weighted by atomic mass is 10.00. The zero-order chi connectivity index (χ0) is 24.6. The third-order valence-electron chi connectivity index (χ3n) is 6.31. The van der Waals surface area contributed by atoms with E-state index in [0.29, 0.717) is 23.2 Å². The summed E-state index contributed by atoms with van der Waals surface area (Å²) in [6.07, 6.45) is 4.34. The average Bonchev–Trinajstić information content (AvgIpc) is 2.80. The molecule has 9 nitrogen and oxygen atoms in total. The highest BCUT2D eigenvalue weighted by molar-refractivity contribution is 7.92. The number of pyridine rings is 2. The highest BCUT2D eigenvalue weighted by atomic mass is 32.2. The topological polar surface area (TPSA) is 111 Å². The van der Waals surface area contributed by atoms with Gasteiger partial charge < -0.3 is 9.64 Å². The number of anilines is 2. The van der Waals surface area contributed by atoms with Gasteiger partial charge in [0.15, 0.2) is 0 Å². The van der Waals surface area contributed by atoms with Crippen molar-refractivity contribution in [2.45, 2.75) is 25.9 Å². The first kappa shape index (κ1) is 23.7. The third-order valence-corrected chi connectivity index (χ3v) is 6.90. The zero-order valence-electron chi connectivity index (χ0n) is 19.9. The molecular weight excluding hydrogens is 452 g/mol. The minimum absolute atomic E-state index is 0.185. The smallest absolute Gasteiger partial charge is 0.238 e. The van der Waals surface area contributed by atoms with Gasteiger partial charge in [-0.15, -0.1) is 0 Å². The average molecular weight is 481 g/mol. The van der Waals surface area contributed by atoms with E-state index in [2.05, 4.69) is 51.5 Å². The molecule has 1 aliphatic rings. The van der Waals surface area contributed by atoms with E-state index in [-0.39, 0.29) is 11.6 Å². The number of nitrogens with zero attached hydrogens (tertiary/aromatic N) is 5. The van der Waals surface area contributed by atoms with Crippen molar-refractivity contribution in [3.8, 4) is 23.1 Å². The first-order valence-electron chi connectivity index (χ1n) is 10.9.